The molecule has 29 heavy (non-hydrogen) atoms. The first-order chi connectivity index (χ1) is 13.7. The summed E-state index contributed by atoms with van der Waals surface area (Å²) in [6.45, 7) is 0. The summed E-state index contributed by atoms with van der Waals surface area (Å²) in [5.74, 6) is -1.73. The number of nitro groups is 1. The van der Waals surface area contributed by atoms with Crippen LogP contribution in [-0.4, -0.2) is 31.0 Å². The second-order valence-electron chi connectivity index (χ2n) is 5.79. The Bertz CT molecular complexity index is 1170. The molecule has 0 unspecified atom stereocenters. The largest absolute Gasteiger partial charge is 0.399 e. The number of sulfonamides is 1. The smallest absolute Gasteiger partial charge is 0.285 e. The highest BCUT2D eigenvalue weighted by Gasteiger charge is 2.26. The van der Waals surface area contributed by atoms with Crippen molar-refractivity contribution in [3.05, 3.63) is 76.0 Å². The number of nitrogen functional groups attached to an aromatic ring is 1. The fourth-order valence-electron chi connectivity index (χ4n) is 2.31. The Balaban J connectivity index is 1.80. The monoisotopic (exact) mass is 415 g/mol. The number of hydrogen-bond acceptors (Lipinski definition) is 7. The van der Waals surface area contributed by atoms with Crippen LogP contribution in [0.15, 0.2) is 69.6 Å². The maximum absolute atomic E-state index is 12.3. The number of nitrogens with two attached hydrogens (primary N) is 1. The quantitative estimate of drug-likeness (QED) is 0.210. The molecule has 1 fully saturated rings. The summed E-state index contributed by atoms with van der Waals surface area (Å²) in [5.41, 5.74) is 5.59. The number of ketones is 1. The summed E-state index contributed by atoms with van der Waals surface area (Å²) in [7, 11) is -4.12. The standard InChI is InChI=1S/C17H13N5O6S/c18-11-3-7-13(8-4-11)29(27,28)21-17-19-14(16(24)20-17)9-15(23)10-1-5-12(6-2-10)22(25)26/h1-9H,18H2,(H2,19,20,21,24). The van der Waals surface area contributed by atoms with Crippen LogP contribution in [0.5, 0.6) is 0 Å². The van der Waals surface area contributed by atoms with E-state index < -0.39 is 26.6 Å². The van der Waals surface area contributed by atoms with Crippen LogP contribution in [0.3, 0.4) is 0 Å². The molecule has 2 aromatic carbocycles. The first-order valence-corrected chi connectivity index (χ1v) is 9.39. The van der Waals surface area contributed by atoms with Crippen LogP contribution in [0, 0.1) is 10.1 Å². The minimum atomic E-state index is -4.12. The Morgan fingerprint density at radius 1 is 1.07 bits per heavy atom. The van der Waals surface area contributed by atoms with Gasteiger partial charge >= 0.3 is 0 Å². The van der Waals surface area contributed by atoms with E-state index in [9.17, 15) is 28.1 Å². The summed E-state index contributed by atoms with van der Waals surface area (Å²) < 4.78 is 28.1. The van der Waals surface area contributed by atoms with Gasteiger partial charge in [-0.1, -0.05) is 0 Å². The number of anilines is 1. The van der Waals surface area contributed by atoms with Gasteiger partial charge in [0.15, 0.2) is 5.78 Å². The minimum absolute atomic E-state index is 0.109. The maximum Gasteiger partial charge on any atom is 0.285 e. The molecule has 1 aliphatic rings. The molecule has 0 radical (unpaired) electrons. The molecule has 1 aliphatic heterocycles. The second-order valence-corrected chi connectivity index (χ2v) is 7.39. The predicted octanol–water partition coefficient (Wildman–Crippen LogP) is 0.708. The predicted molar refractivity (Wildman–Crippen MR) is 102 cm³/mol. The summed E-state index contributed by atoms with van der Waals surface area (Å²) in [4.78, 5) is 34.1. The number of guanidine groups is 1. The molecule has 1 saturated heterocycles. The van der Waals surface area contributed by atoms with Crippen LogP contribution in [0.4, 0.5) is 11.4 Å². The van der Waals surface area contributed by atoms with E-state index in [0.717, 1.165) is 18.2 Å². The summed E-state index contributed by atoms with van der Waals surface area (Å²) >= 11 is 0. The van der Waals surface area contributed by atoms with Crippen LogP contribution in [0.25, 0.3) is 0 Å². The molecule has 3 rings (SSSR count). The van der Waals surface area contributed by atoms with E-state index in [0.29, 0.717) is 5.69 Å². The number of nitrogens with one attached hydrogen (secondary N) is 2. The molecule has 4 N–H and O–H groups in total. The molecule has 0 spiro atoms. The Morgan fingerprint density at radius 3 is 2.28 bits per heavy atom. The van der Waals surface area contributed by atoms with Gasteiger partial charge in [-0.3, -0.25) is 25.0 Å². The van der Waals surface area contributed by atoms with Crippen molar-refractivity contribution in [1.29, 1.82) is 0 Å². The van der Waals surface area contributed by atoms with Crippen LogP contribution >= 0.6 is 0 Å². The topological polar surface area (TPSA) is 174 Å². The van der Waals surface area contributed by atoms with Gasteiger partial charge in [-0.2, -0.15) is 8.42 Å². The number of nitro benzene ring substituents is 1. The van der Waals surface area contributed by atoms with Crippen molar-refractivity contribution >= 4 is 39.0 Å². The molecule has 0 bridgehead atoms. The average molecular weight is 415 g/mol. The van der Waals surface area contributed by atoms with Crippen LogP contribution in [-0.2, 0) is 14.8 Å². The second kappa shape index (κ2) is 7.52. The van der Waals surface area contributed by atoms with E-state index >= 15 is 0 Å². The molecule has 0 aliphatic carbocycles. The first kappa shape index (κ1) is 19.7. The van der Waals surface area contributed by atoms with Crippen molar-refractivity contribution in [2.75, 3.05) is 5.73 Å². The van der Waals surface area contributed by atoms with Crippen molar-refractivity contribution < 1.29 is 22.9 Å². The zero-order valence-electron chi connectivity index (χ0n) is 14.5. The Kier molecular flexibility index (Phi) is 5.10. The molecule has 148 valence electrons. The van der Waals surface area contributed by atoms with Crippen LogP contribution < -0.4 is 16.4 Å². The molecule has 0 saturated carbocycles. The van der Waals surface area contributed by atoms with E-state index in [4.69, 9.17) is 5.73 Å². The van der Waals surface area contributed by atoms with E-state index in [2.05, 4.69) is 15.0 Å². The van der Waals surface area contributed by atoms with Crippen LogP contribution in [0.1, 0.15) is 10.4 Å². The number of amides is 1. The number of rotatable bonds is 5. The summed E-state index contributed by atoms with van der Waals surface area (Å²) in [6, 6.07) is 10.1. The lowest BCUT2D eigenvalue weighted by atomic mass is 10.1. The van der Waals surface area contributed by atoms with Gasteiger partial charge < -0.3 is 11.1 Å². The summed E-state index contributed by atoms with van der Waals surface area (Å²) in [6.07, 6.45) is 0.939. The average Bonchev–Trinajstić information content (AvgIpc) is 3.00. The molecule has 1 heterocycles. The first-order valence-electron chi connectivity index (χ1n) is 7.95. The van der Waals surface area contributed by atoms with E-state index in [-0.39, 0.29) is 27.8 Å². The highest BCUT2D eigenvalue weighted by atomic mass is 32.2. The normalized spacial score (nSPS) is 16.5. The third kappa shape index (κ3) is 4.44. The maximum atomic E-state index is 12.3. The van der Waals surface area contributed by atoms with Crippen molar-refractivity contribution in [3.63, 3.8) is 0 Å². The molecule has 0 atom stereocenters. The van der Waals surface area contributed by atoms with Crippen molar-refractivity contribution in [2.24, 2.45) is 4.40 Å². The number of carbonyl (C=O) groups excluding carboxylic acids is 2. The van der Waals surface area contributed by atoms with Gasteiger partial charge in [-0.25, -0.2) is 0 Å². The molecular formula is C17H13N5O6S. The van der Waals surface area contributed by atoms with Gasteiger partial charge in [-0.15, -0.1) is 4.40 Å². The van der Waals surface area contributed by atoms with Crippen molar-refractivity contribution in [3.8, 4) is 0 Å². The van der Waals surface area contributed by atoms with Gasteiger partial charge in [-0.05, 0) is 36.4 Å². The third-order valence-electron chi connectivity index (χ3n) is 3.76. The highest BCUT2D eigenvalue weighted by Crippen LogP contribution is 2.16. The van der Waals surface area contributed by atoms with Gasteiger partial charge in [0.2, 0.25) is 5.96 Å². The number of hydrogen-bond donors (Lipinski definition) is 3. The van der Waals surface area contributed by atoms with Crippen molar-refractivity contribution in [1.82, 2.24) is 10.6 Å². The highest BCUT2D eigenvalue weighted by molar-refractivity contribution is 7.90. The summed E-state index contributed by atoms with van der Waals surface area (Å²) in [5, 5.41) is 15.3. The van der Waals surface area contributed by atoms with E-state index in [1.165, 1.54) is 36.4 Å². The third-order valence-corrected chi connectivity index (χ3v) is 5.05. The zero-order chi connectivity index (χ0) is 21.2. The Hall–Kier alpha value is -4.06. The molecule has 11 nitrogen and oxygen atoms in total. The Morgan fingerprint density at radius 2 is 1.69 bits per heavy atom. The fourth-order valence-corrected chi connectivity index (χ4v) is 3.23. The number of benzene rings is 2. The Labute approximate surface area is 164 Å². The minimum Gasteiger partial charge on any atom is -0.399 e. The van der Waals surface area contributed by atoms with Crippen molar-refractivity contribution in [2.45, 2.75) is 4.90 Å². The molecule has 2 aromatic rings. The zero-order valence-corrected chi connectivity index (χ0v) is 15.3. The lowest BCUT2D eigenvalue weighted by Crippen LogP contribution is -2.26. The molecule has 1 amide bonds. The van der Waals surface area contributed by atoms with Gasteiger partial charge in [0.1, 0.15) is 5.70 Å². The van der Waals surface area contributed by atoms with Crippen LogP contribution in [0.2, 0.25) is 0 Å². The number of nitrogens with zero attached hydrogens (tertiary/aromatic N) is 2. The molecular weight excluding hydrogens is 402 g/mol. The lowest BCUT2D eigenvalue weighted by molar-refractivity contribution is -0.384. The lowest BCUT2D eigenvalue weighted by Gasteiger charge is -2.01. The van der Waals surface area contributed by atoms with E-state index in [1.807, 2.05) is 0 Å². The van der Waals surface area contributed by atoms with E-state index in [1.54, 1.807) is 0 Å². The number of carbonyl (C=O) groups is 2. The van der Waals surface area contributed by atoms with Gasteiger partial charge in [0.25, 0.3) is 21.6 Å². The van der Waals surface area contributed by atoms with Gasteiger partial charge in [0, 0.05) is 29.5 Å². The molecule has 12 heteroatoms. The number of allylic oxidation sites excluding steroid dienone is 1. The number of non-ortho nitro benzene ring substituents is 1. The molecule has 0 aromatic heterocycles. The van der Waals surface area contributed by atoms with Gasteiger partial charge in [0.05, 0.1) is 9.82 Å². The fraction of sp³-hybridized carbons (Fsp3) is 0. The SMILES string of the molecule is Nc1ccc(S(=O)(=O)N=C2NC(=O)C(=CC(=O)c3ccc([N+](=O)[O-])cc3)N2)cc1.